The monoisotopic (exact) mass is 243 g/mol. The number of hydrogen-bond acceptors (Lipinski definition) is 3. The Morgan fingerprint density at radius 2 is 2.18 bits per heavy atom. The van der Waals surface area contributed by atoms with E-state index in [1.807, 2.05) is 0 Å². The summed E-state index contributed by atoms with van der Waals surface area (Å²) in [5, 5.41) is 10.9. The van der Waals surface area contributed by atoms with E-state index in [2.05, 4.69) is 11.3 Å². The van der Waals surface area contributed by atoms with Crippen LogP contribution in [0.1, 0.15) is 18.4 Å². The molecular formula is C11H11F2NO3. The third-order valence-corrected chi connectivity index (χ3v) is 2.27. The van der Waals surface area contributed by atoms with Crippen LogP contribution in [0.3, 0.4) is 0 Å². The van der Waals surface area contributed by atoms with Gasteiger partial charge >= 0.3 is 12.3 Å². The Kier molecular flexibility index (Phi) is 4.14. The number of hydrogen-bond donors (Lipinski definition) is 0. The van der Waals surface area contributed by atoms with E-state index in [0.29, 0.717) is 5.56 Å². The summed E-state index contributed by atoms with van der Waals surface area (Å²) in [6.07, 6.45) is 1.49. The maximum Gasteiger partial charge on any atom is 0.387 e. The predicted molar refractivity (Wildman–Crippen MR) is 58.3 cm³/mol. The molecule has 0 aliphatic rings. The smallest absolute Gasteiger partial charge is 0.387 e. The highest BCUT2D eigenvalue weighted by molar-refractivity contribution is 5.54. The minimum Gasteiger partial charge on any atom is -0.427 e. The molecule has 0 N–H and O–H groups in total. The van der Waals surface area contributed by atoms with Crippen molar-refractivity contribution in [1.29, 1.82) is 0 Å². The van der Waals surface area contributed by atoms with Crippen LogP contribution in [-0.2, 0) is 0 Å². The zero-order valence-corrected chi connectivity index (χ0v) is 9.10. The minimum absolute atomic E-state index is 0.295. The van der Waals surface area contributed by atoms with Gasteiger partial charge in [0.05, 0.1) is 4.92 Å². The third kappa shape index (κ3) is 2.99. The molecule has 1 unspecified atom stereocenters. The number of alkyl halides is 2. The predicted octanol–water partition coefficient (Wildman–Crippen LogP) is 3.49. The van der Waals surface area contributed by atoms with Gasteiger partial charge in [-0.2, -0.15) is 8.78 Å². The Morgan fingerprint density at radius 1 is 1.53 bits per heavy atom. The van der Waals surface area contributed by atoms with Crippen LogP contribution in [0.15, 0.2) is 30.9 Å². The van der Waals surface area contributed by atoms with E-state index in [1.165, 1.54) is 18.2 Å². The molecule has 0 aliphatic heterocycles. The Balaban J connectivity index is 3.31. The number of benzene rings is 1. The Bertz CT molecular complexity index is 435. The summed E-state index contributed by atoms with van der Waals surface area (Å²) in [5.74, 6) is -0.757. The summed E-state index contributed by atoms with van der Waals surface area (Å²) in [5.41, 5.74) is -0.150. The lowest BCUT2D eigenvalue weighted by Crippen LogP contribution is -2.07. The van der Waals surface area contributed by atoms with Crippen LogP contribution in [0, 0.1) is 10.1 Å². The fourth-order valence-corrected chi connectivity index (χ4v) is 1.42. The zero-order chi connectivity index (χ0) is 13.0. The SMILES string of the molecule is C=CC(C)c1cccc(OC(F)F)c1[N+](=O)[O-]. The van der Waals surface area contributed by atoms with Crippen molar-refractivity contribution in [1.82, 2.24) is 0 Å². The van der Waals surface area contributed by atoms with Crippen molar-refractivity contribution < 1.29 is 18.4 Å². The molecule has 0 saturated carbocycles. The molecule has 1 atom stereocenters. The molecule has 0 bridgehead atoms. The van der Waals surface area contributed by atoms with E-state index < -0.39 is 23.0 Å². The number of allylic oxidation sites excluding steroid dienone is 1. The Morgan fingerprint density at radius 3 is 2.65 bits per heavy atom. The largest absolute Gasteiger partial charge is 0.427 e. The number of para-hydroxylation sites is 1. The molecule has 0 saturated heterocycles. The van der Waals surface area contributed by atoms with Crippen LogP contribution < -0.4 is 4.74 Å². The summed E-state index contributed by atoms with van der Waals surface area (Å²) in [6, 6.07) is 4.06. The molecule has 0 spiro atoms. The fraction of sp³-hybridized carbons (Fsp3) is 0.273. The van der Waals surface area contributed by atoms with E-state index in [4.69, 9.17) is 0 Å². The van der Waals surface area contributed by atoms with Gasteiger partial charge in [0.2, 0.25) is 5.75 Å². The van der Waals surface area contributed by atoms with Gasteiger partial charge in [0.25, 0.3) is 0 Å². The third-order valence-electron chi connectivity index (χ3n) is 2.27. The molecule has 4 nitrogen and oxygen atoms in total. The summed E-state index contributed by atoms with van der Waals surface area (Å²) >= 11 is 0. The number of nitro groups is 1. The number of halogens is 2. The Labute approximate surface area is 96.7 Å². The van der Waals surface area contributed by atoms with E-state index in [1.54, 1.807) is 6.92 Å². The molecular weight excluding hydrogens is 232 g/mol. The number of rotatable bonds is 5. The van der Waals surface area contributed by atoms with Crippen LogP contribution in [0.2, 0.25) is 0 Å². The maximum absolute atomic E-state index is 12.1. The van der Waals surface area contributed by atoms with Crippen LogP contribution in [0.5, 0.6) is 5.75 Å². The van der Waals surface area contributed by atoms with Gasteiger partial charge in [-0.05, 0) is 6.07 Å². The fourth-order valence-electron chi connectivity index (χ4n) is 1.42. The van der Waals surface area contributed by atoms with Gasteiger partial charge < -0.3 is 4.74 Å². The molecule has 1 rings (SSSR count). The molecule has 0 aliphatic carbocycles. The highest BCUT2D eigenvalue weighted by Crippen LogP contribution is 2.36. The van der Waals surface area contributed by atoms with E-state index in [0.717, 1.165) is 6.07 Å². The average Bonchev–Trinajstić information content (AvgIpc) is 2.26. The van der Waals surface area contributed by atoms with Crippen LogP contribution in [0.25, 0.3) is 0 Å². The summed E-state index contributed by atoms with van der Waals surface area (Å²) in [4.78, 5) is 10.2. The quantitative estimate of drug-likeness (QED) is 0.452. The first-order valence-electron chi connectivity index (χ1n) is 4.82. The second-order valence-corrected chi connectivity index (χ2v) is 3.35. The number of ether oxygens (including phenoxy) is 1. The number of nitrogens with zero attached hydrogens (tertiary/aromatic N) is 1. The first-order chi connectivity index (χ1) is 7.97. The van der Waals surface area contributed by atoms with Gasteiger partial charge in [-0.3, -0.25) is 10.1 Å². The molecule has 17 heavy (non-hydrogen) atoms. The van der Waals surface area contributed by atoms with Gasteiger partial charge in [0.15, 0.2) is 0 Å². The first-order valence-corrected chi connectivity index (χ1v) is 4.82. The minimum atomic E-state index is -3.09. The van der Waals surface area contributed by atoms with Crippen LogP contribution in [0.4, 0.5) is 14.5 Å². The molecule has 0 heterocycles. The van der Waals surface area contributed by atoms with E-state index in [-0.39, 0.29) is 5.92 Å². The highest BCUT2D eigenvalue weighted by atomic mass is 19.3. The lowest BCUT2D eigenvalue weighted by Gasteiger charge is -2.11. The van der Waals surface area contributed by atoms with Crippen LogP contribution in [-0.4, -0.2) is 11.5 Å². The Hall–Kier alpha value is -1.98. The topological polar surface area (TPSA) is 52.4 Å². The molecule has 1 aromatic rings. The van der Waals surface area contributed by atoms with Crippen molar-refractivity contribution in [2.45, 2.75) is 19.5 Å². The van der Waals surface area contributed by atoms with Crippen molar-refractivity contribution in [2.75, 3.05) is 0 Å². The maximum atomic E-state index is 12.1. The van der Waals surface area contributed by atoms with Crippen LogP contribution >= 0.6 is 0 Å². The standard InChI is InChI=1S/C11H11F2NO3/c1-3-7(2)8-5-4-6-9(17-11(12)13)10(8)14(15)16/h3-7,11H,1H2,2H3. The molecule has 0 aromatic heterocycles. The zero-order valence-electron chi connectivity index (χ0n) is 9.10. The molecule has 0 amide bonds. The number of nitro benzene ring substituents is 1. The first kappa shape index (κ1) is 13.1. The van der Waals surface area contributed by atoms with Gasteiger partial charge in [0, 0.05) is 11.5 Å². The molecule has 0 fully saturated rings. The second kappa shape index (κ2) is 5.38. The normalized spacial score (nSPS) is 12.2. The highest BCUT2D eigenvalue weighted by Gasteiger charge is 2.24. The molecule has 6 heteroatoms. The van der Waals surface area contributed by atoms with Crippen molar-refractivity contribution in [3.63, 3.8) is 0 Å². The van der Waals surface area contributed by atoms with Gasteiger partial charge in [-0.25, -0.2) is 0 Å². The average molecular weight is 243 g/mol. The van der Waals surface area contributed by atoms with E-state index >= 15 is 0 Å². The molecule has 0 radical (unpaired) electrons. The summed E-state index contributed by atoms with van der Waals surface area (Å²) in [7, 11) is 0. The van der Waals surface area contributed by atoms with Crippen molar-refractivity contribution >= 4 is 5.69 Å². The van der Waals surface area contributed by atoms with Gasteiger partial charge in [0.1, 0.15) is 0 Å². The second-order valence-electron chi connectivity index (χ2n) is 3.35. The summed E-state index contributed by atoms with van der Waals surface area (Å²) in [6.45, 7) is 2.10. The lowest BCUT2D eigenvalue weighted by molar-refractivity contribution is -0.387. The van der Waals surface area contributed by atoms with Crippen molar-refractivity contribution in [3.8, 4) is 5.75 Å². The molecule has 92 valence electrons. The van der Waals surface area contributed by atoms with Gasteiger partial charge in [-0.1, -0.05) is 25.1 Å². The van der Waals surface area contributed by atoms with E-state index in [9.17, 15) is 18.9 Å². The van der Waals surface area contributed by atoms with Crippen molar-refractivity contribution in [2.24, 2.45) is 0 Å². The molecule has 1 aromatic carbocycles. The summed E-state index contributed by atoms with van der Waals surface area (Å²) < 4.78 is 28.4. The van der Waals surface area contributed by atoms with Crippen molar-refractivity contribution in [3.05, 3.63) is 46.5 Å². The lowest BCUT2D eigenvalue weighted by atomic mass is 9.99. The van der Waals surface area contributed by atoms with Gasteiger partial charge in [-0.15, -0.1) is 6.58 Å².